The molecule has 0 saturated carbocycles. The molecule has 0 spiro atoms. The average Bonchev–Trinajstić information content (AvgIpc) is 3.82. The van der Waals surface area contributed by atoms with E-state index in [4.69, 9.17) is 4.42 Å². The van der Waals surface area contributed by atoms with Gasteiger partial charge >= 0.3 is 0 Å². The molecule has 0 aliphatic rings. The molecule has 0 radical (unpaired) electrons. The van der Waals surface area contributed by atoms with Gasteiger partial charge in [0.25, 0.3) is 0 Å². The predicted octanol–water partition coefficient (Wildman–Crippen LogP) is 15.6. The summed E-state index contributed by atoms with van der Waals surface area (Å²) in [4.78, 5) is 0. The molecule has 0 atom stereocenters. The quantitative estimate of drug-likeness (QED) is 0.167. The number of fused-ring (bicyclic) bond motifs is 13. The van der Waals surface area contributed by atoms with Crippen molar-refractivity contribution in [3.63, 3.8) is 0 Å². The van der Waals surface area contributed by atoms with Crippen LogP contribution in [0.4, 0.5) is 0 Å². The zero-order valence-electron chi connectivity index (χ0n) is 29.1. The molecule has 0 bridgehead atoms. The summed E-state index contributed by atoms with van der Waals surface area (Å²) in [5.41, 5.74) is 9.21. The fourth-order valence-electron chi connectivity index (χ4n) is 9.02. The molecular formula is C52H30OS. The zero-order chi connectivity index (χ0) is 35.3. The van der Waals surface area contributed by atoms with Crippen molar-refractivity contribution in [2.24, 2.45) is 0 Å². The third-order valence-corrected chi connectivity index (χ3v) is 12.6. The Hall–Kier alpha value is -6.74. The molecule has 54 heavy (non-hydrogen) atoms. The van der Waals surface area contributed by atoms with E-state index < -0.39 is 0 Å². The van der Waals surface area contributed by atoms with Crippen LogP contribution in [-0.2, 0) is 0 Å². The van der Waals surface area contributed by atoms with Gasteiger partial charge in [-0.25, -0.2) is 0 Å². The molecule has 2 heteroatoms. The van der Waals surface area contributed by atoms with Crippen molar-refractivity contribution in [1.82, 2.24) is 0 Å². The zero-order valence-corrected chi connectivity index (χ0v) is 30.0. The molecular weight excluding hydrogens is 673 g/mol. The Balaban J connectivity index is 1.11. The maximum absolute atomic E-state index is 6.94. The van der Waals surface area contributed by atoms with Crippen molar-refractivity contribution in [2.75, 3.05) is 0 Å². The summed E-state index contributed by atoms with van der Waals surface area (Å²) >= 11 is 1.87. The van der Waals surface area contributed by atoms with Crippen LogP contribution in [0.5, 0.6) is 0 Å². The van der Waals surface area contributed by atoms with Gasteiger partial charge in [0, 0.05) is 36.3 Å². The number of benzene rings is 10. The number of hydrogen-bond donors (Lipinski definition) is 0. The summed E-state index contributed by atoms with van der Waals surface area (Å²) in [6.45, 7) is 0. The normalized spacial score (nSPS) is 12.1. The Morgan fingerprint density at radius 3 is 1.57 bits per heavy atom. The Bertz CT molecular complexity index is 3440. The second kappa shape index (κ2) is 11.4. The lowest BCUT2D eigenvalue weighted by Gasteiger charge is -2.18. The van der Waals surface area contributed by atoms with Crippen LogP contribution in [0.3, 0.4) is 0 Å². The third kappa shape index (κ3) is 4.26. The van der Waals surface area contributed by atoms with Crippen LogP contribution in [0, 0.1) is 0 Å². The molecule has 12 rings (SSSR count). The molecule has 0 aliphatic carbocycles. The Kier molecular flexibility index (Phi) is 6.28. The van der Waals surface area contributed by atoms with Crippen molar-refractivity contribution in [3.05, 3.63) is 182 Å². The lowest BCUT2D eigenvalue weighted by Crippen LogP contribution is -1.91. The van der Waals surface area contributed by atoms with E-state index >= 15 is 0 Å². The van der Waals surface area contributed by atoms with Gasteiger partial charge in [0.2, 0.25) is 0 Å². The first-order valence-electron chi connectivity index (χ1n) is 18.5. The fourth-order valence-corrected chi connectivity index (χ4v) is 10.3. The van der Waals surface area contributed by atoms with Gasteiger partial charge in [-0.05, 0) is 101 Å². The molecule has 0 saturated heterocycles. The van der Waals surface area contributed by atoms with Crippen molar-refractivity contribution in [3.8, 4) is 33.4 Å². The summed E-state index contributed by atoms with van der Waals surface area (Å²) in [5, 5.41) is 14.8. The minimum Gasteiger partial charge on any atom is -0.455 e. The van der Waals surface area contributed by atoms with Gasteiger partial charge in [-0.15, -0.1) is 11.3 Å². The van der Waals surface area contributed by atoms with Crippen LogP contribution in [0.25, 0.3) is 119 Å². The number of furan rings is 1. The highest BCUT2D eigenvalue weighted by Crippen LogP contribution is 2.49. The van der Waals surface area contributed by atoms with Crippen LogP contribution in [0.2, 0.25) is 0 Å². The van der Waals surface area contributed by atoms with Gasteiger partial charge in [-0.3, -0.25) is 0 Å². The highest BCUT2D eigenvalue weighted by Gasteiger charge is 2.21. The smallest absolute Gasteiger partial charge is 0.144 e. The van der Waals surface area contributed by atoms with Crippen molar-refractivity contribution in [2.45, 2.75) is 0 Å². The summed E-state index contributed by atoms with van der Waals surface area (Å²) in [7, 11) is 0. The molecule has 0 unspecified atom stereocenters. The van der Waals surface area contributed by atoms with E-state index in [1.807, 2.05) is 11.3 Å². The molecule has 0 amide bonds. The molecule has 250 valence electrons. The summed E-state index contributed by atoms with van der Waals surface area (Å²) in [5.74, 6) is 0. The first-order chi connectivity index (χ1) is 26.8. The Morgan fingerprint density at radius 1 is 0.333 bits per heavy atom. The van der Waals surface area contributed by atoms with Crippen molar-refractivity contribution < 1.29 is 4.42 Å². The predicted molar refractivity (Wildman–Crippen MR) is 233 cm³/mol. The number of hydrogen-bond acceptors (Lipinski definition) is 2. The molecule has 0 fully saturated rings. The second-order valence-corrected chi connectivity index (χ2v) is 15.4. The van der Waals surface area contributed by atoms with E-state index in [1.165, 1.54) is 91.1 Å². The van der Waals surface area contributed by atoms with Crippen molar-refractivity contribution >= 4 is 96.5 Å². The average molecular weight is 703 g/mol. The molecule has 10 aromatic carbocycles. The van der Waals surface area contributed by atoms with Crippen LogP contribution < -0.4 is 0 Å². The molecule has 0 N–H and O–H groups in total. The van der Waals surface area contributed by atoms with Gasteiger partial charge in [0.15, 0.2) is 0 Å². The van der Waals surface area contributed by atoms with Crippen LogP contribution in [-0.4, -0.2) is 0 Å². The molecule has 0 aliphatic heterocycles. The van der Waals surface area contributed by atoms with Gasteiger partial charge in [-0.2, -0.15) is 0 Å². The van der Waals surface area contributed by atoms with E-state index in [0.29, 0.717) is 0 Å². The van der Waals surface area contributed by atoms with E-state index in [0.717, 1.165) is 27.5 Å². The standard InChI is InChI=1S/C52H30OS/c1-2-12-31(13-3-1)33-24-22-32-23-25-34(29-36(32)28-33)47-37-14-4-6-16-39(37)48(40-17-7-5-15-38(40)47)35-26-27-43-45(30-35)53-51-42-19-9-8-18-41(42)49-44-20-10-11-21-46(44)54-52(49)50(43)51/h1-30H. The molecule has 2 aromatic heterocycles. The maximum atomic E-state index is 6.94. The highest BCUT2D eigenvalue weighted by molar-refractivity contribution is 7.27. The van der Waals surface area contributed by atoms with Gasteiger partial charge in [0.05, 0.1) is 0 Å². The first kappa shape index (κ1) is 29.8. The minimum atomic E-state index is 0.915. The molecule has 1 nitrogen and oxygen atoms in total. The van der Waals surface area contributed by atoms with Gasteiger partial charge in [-0.1, -0.05) is 152 Å². The summed E-state index contributed by atoms with van der Waals surface area (Å²) in [6, 6.07) is 66.5. The minimum absolute atomic E-state index is 0.915. The van der Waals surface area contributed by atoms with E-state index in [9.17, 15) is 0 Å². The van der Waals surface area contributed by atoms with E-state index in [-0.39, 0.29) is 0 Å². The number of rotatable bonds is 3. The van der Waals surface area contributed by atoms with Crippen LogP contribution in [0.1, 0.15) is 0 Å². The topological polar surface area (TPSA) is 13.1 Å². The fraction of sp³-hybridized carbons (Fsp3) is 0. The van der Waals surface area contributed by atoms with Gasteiger partial charge < -0.3 is 4.42 Å². The largest absolute Gasteiger partial charge is 0.455 e. The Morgan fingerprint density at radius 2 is 0.870 bits per heavy atom. The van der Waals surface area contributed by atoms with Gasteiger partial charge in [0.1, 0.15) is 11.2 Å². The second-order valence-electron chi connectivity index (χ2n) is 14.3. The monoisotopic (exact) mass is 702 g/mol. The third-order valence-electron chi connectivity index (χ3n) is 11.4. The highest BCUT2D eigenvalue weighted by atomic mass is 32.1. The Labute approximate surface area is 314 Å². The van der Waals surface area contributed by atoms with Crippen molar-refractivity contribution in [1.29, 1.82) is 0 Å². The van der Waals surface area contributed by atoms with E-state index in [1.54, 1.807) is 0 Å². The first-order valence-corrected chi connectivity index (χ1v) is 19.3. The number of thiophene rings is 1. The lowest BCUT2D eigenvalue weighted by atomic mass is 9.85. The summed E-state index contributed by atoms with van der Waals surface area (Å²) in [6.07, 6.45) is 0. The maximum Gasteiger partial charge on any atom is 0.144 e. The van der Waals surface area contributed by atoms with Crippen LogP contribution in [0.15, 0.2) is 186 Å². The molecule has 12 aromatic rings. The SMILES string of the molecule is c1ccc(-c2ccc3ccc(-c4c5ccccc5c(-c5ccc6c(c5)oc5c7ccccc7c7c8ccccc8sc7c65)c5ccccc45)cc3c2)cc1. The lowest BCUT2D eigenvalue weighted by molar-refractivity contribution is 0.673. The summed E-state index contributed by atoms with van der Waals surface area (Å²) < 4.78 is 9.54. The molecule has 2 heterocycles. The van der Waals surface area contributed by atoms with E-state index in [2.05, 4.69) is 182 Å². The van der Waals surface area contributed by atoms with Crippen LogP contribution >= 0.6 is 11.3 Å².